The van der Waals surface area contributed by atoms with Crippen LogP contribution in [0.3, 0.4) is 0 Å². The van der Waals surface area contributed by atoms with Crippen LogP contribution in [0.15, 0.2) is 24.3 Å². The monoisotopic (exact) mass is 463 g/mol. The van der Waals surface area contributed by atoms with E-state index in [4.69, 9.17) is 4.74 Å². The Morgan fingerprint density at radius 2 is 1.91 bits per heavy atom. The number of sulfonamides is 1. The molecule has 3 aliphatic rings. The molecule has 2 fully saturated rings. The number of fused-ring (bicyclic) bond motifs is 1. The van der Waals surface area contributed by atoms with Gasteiger partial charge in [0.05, 0.1) is 17.1 Å². The van der Waals surface area contributed by atoms with Crippen molar-refractivity contribution >= 4 is 39.2 Å². The molecular formula is C22H29N3O6S. The maximum atomic E-state index is 13.3. The number of esters is 1. The summed E-state index contributed by atoms with van der Waals surface area (Å²) in [6, 6.07) is 6.16. The van der Waals surface area contributed by atoms with E-state index in [1.165, 1.54) is 9.21 Å². The zero-order valence-corrected chi connectivity index (χ0v) is 19.0. The standard InChI is InChI=1S/C22H29N3O6S/c1-2-14-32(29,30)24-13-7-10-18(24)20(27)31-15-19(26)25-17-9-4-3-8-16(17)23-21(28)22(25)11-5-6-12-22/h3-4,8-9,18H,2,5-7,10-15H2,1H3,(H,23,28). The molecule has 32 heavy (non-hydrogen) atoms. The second kappa shape index (κ2) is 8.82. The van der Waals surface area contributed by atoms with Crippen LogP contribution < -0.4 is 10.2 Å². The number of rotatable bonds is 6. The van der Waals surface area contributed by atoms with E-state index >= 15 is 0 Å². The number of anilines is 2. The Morgan fingerprint density at radius 1 is 1.19 bits per heavy atom. The van der Waals surface area contributed by atoms with E-state index in [0.29, 0.717) is 43.5 Å². The van der Waals surface area contributed by atoms with E-state index < -0.39 is 40.1 Å². The first kappa shape index (κ1) is 22.7. The quantitative estimate of drug-likeness (QED) is 0.646. The third-order valence-electron chi connectivity index (χ3n) is 6.56. The maximum absolute atomic E-state index is 13.3. The molecule has 0 radical (unpaired) electrons. The predicted molar refractivity (Wildman–Crippen MR) is 119 cm³/mol. The van der Waals surface area contributed by atoms with E-state index in [2.05, 4.69) is 5.32 Å². The van der Waals surface area contributed by atoms with Crippen molar-refractivity contribution in [3.63, 3.8) is 0 Å². The smallest absolute Gasteiger partial charge is 0.324 e. The number of benzene rings is 1. The fraction of sp³-hybridized carbons (Fsp3) is 0.591. The summed E-state index contributed by atoms with van der Waals surface area (Å²) in [5.74, 6) is -1.45. The Kier molecular flexibility index (Phi) is 6.26. The zero-order chi connectivity index (χ0) is 22.9. The summed E-state index contributed by atoms with van der Waals surface area (Å²) in [6.45, 7) is 1.50. The SMILES string of the molecule is CCCS(=O)(=O)N1CCCC1C(=O)OCC(=O)N1c2ccccc2NC(=O)C12CCCC2. The lowest BCUT2D eigenvalue weighted by atomic mass is 9.90. The van der Waals surface area contributed by atoms with Gasteiger partial charge in [0.25, 0.3) is 11.8 Å². The van der Waals surface area contributed by atoms with Gasteiger partial charge >= 0.3 is 5.97 Å². The van der Waals surface area contributed by atoms with Crippen molar-refractivity contribution in [2.45, 2.75) is 63.5 Å². The number of nitrogens with one attached hydrogen (secondary N) is 1. The third kappa shape index (κ3) is 3.90. The molecule has 4 rings (SSSR count). The second-order valence-corrected chi connectivity index (χ2v) is 10.7. The molecule has 1 N–H and O–H groups in total. The number of hydrogen-bond donors (Lipinski definition) is 1. The van der Waals surface area contributed by atoms with Crippen molar-refractivity contribution in [2.75, 3.05) is 29.1 Å². The minimum Gasteiger partial charge on any atom is -0.454 e. The highest BCUT2D eigenvalue weighted by Gasteiger charge is 2.52. The van der Waals surface area contributed by atoms with E-state index in [0.717, 1.165) is 12.8 Å². The first-order valence-corrected chi connectivity index (χ1v) is 12.8. The topological polar surface area (TPSA) is 113 Å². The van der Waals surface area contributed by atoms with Gasteiger partial charge in [-0.3, -0.25) is 19.3 Å². The van der Waals surface area contributed by atoms with Gasteiger partial charge in [-0.25, -0.2) is 8.42 Å². The average molecular weight is 464 g/mol. The summed E-state index contributed by atoms with van der Waals surface area (Å²) in [4.78, 5) is 40.5. The Hall–Kier alpha value is -2.46. The lowest BCUT2D eigenvalue weighted by Gasteiger charge is -2.44. The number of ether oxygens (including phenoxy) is 1. The van der Waals surface area contributed by atoms with Crippen LogP contribution in [-0.4, -0.2) is 61.0 Å². The van der Waals surface area contributed by atoms with Gasteiger partial charge in [-0.1, -0.05) is 31.9 Å². The highest BCUT2D eigenvalue weighted by Crippen LogP contribution is 2.45. The molecule has 1 aromatic carbocycles. The largest absolute Gasteiger partial charge is 0.454 e. The van der Waals surface area contributed by atoms with Crippen molar-refractivity contribution < 1.29 is 27.5 Å². The number of amides is 2. The first-order valence-electron chi connectivity index (χ1n) is 11.2. The minimum absolute atomic E-state index is 0.0299. The fourth-order valence-electron chi connectivity index (χ4n) is 5.11. The summed E-state index contributed by atoms with van der Waals surface area (Å²) >= 11 is 0. The van der Waals surface area contributed by atoms with Gasteiger partial charge in [-0.2, -0.15) is 4.31 Å². The van der Waals surface area contributed by atoms with Gasteiger partial charge in [0.15, 0.2) is 6.61 Å². The average Bonchev–Trinajstić information content (AvgIpc) is 3.44. The van der Waals surface area contributed by atoms with Crippen LogP contribution in [-0.2, 0) is 29.1 Å². The van der Waals surface area contributed by atoms with Crippen molar-refractivity contribution in [3.8, 4) is 0 Å². The van der Waals surface area contributed by atoms with Gasteiger partial charge in [0.1, 0.15) is 11.6 Å². The van der Waals surface area contributed by atoms with Crippen LogP contribution in [0.5, 0.6) is 0 Å². The predicted octanol–water partition coefficient (Wildman–Crippen LogP) is 2.03. The second-order valence-electron chi connectivity index (χ2n) is 8.63. The highest BCUT2D eigenvalue weighted by atomic mass is 32.2. The number of carbonyl (C=O) groups is 3. The Morgan fingerprint density at radius 3 is 2.62 bits per heavy atom. The first-order chi connectivity index (χ1) is 15.3. The van der Waals surface area contributed by atoms with E-state index in [1.807, 2.05) is 0 Å². The van der Waals surface area contributed by atoms with Gasteiger partial charge in [-0.15, -0.1) is 0 Å². The number of carbonyl (C=O) groups excluding carboxylic acids is 3. The van der Waals surface area contributed by atoms with Crippen LogP contribution in [0.4, 0.5) is 11.4 Å². The van der Waals surface area contributed by atoms with Gasteiger partial charge in [0.2, 0.25) is 10.0 Å². The zero-order valence-electron chi connectivity index (χ0n) is 18.2. The Bertz CT molecular complexity index is 1020. The number of hydrogen-bond acceptors (Lipinski definition) is 6. The summed E-state index contributed by atoms with van der Waals surface area (Å²) in [5, 5.41) is 2.91. The molecule has 9 nitrogen and oxygen atoms in total. The van der Waals surface area contributed by atoms with Crippen LogP contribution >= 0.6 is 0 Å². The molecule has 0 aromatic heterocycles. The van der Waals surface area contributed by atoms with Crippen molar-refractivity contribution in [1.29, 1.82) is 0 Å². The summed E-state index contributed by atoms with van der Waals surface area (Å²) in [6.07, 6.45) is 4.12. The van der Waals surface area contributed by atoms with Crippen molar-refractivity contribution in [2.24, 2.45) is 0 Å². The normalized spacial score (nSPS) is 22.6. The van der Waals surface area contributed by atoms with Gasteiger partial charge in [0, 0.05) is 6.54 Å². The van der Waals surface area contributed by atoms with Crippen molar-refractivity contribution in [1.82, 2.24) is 4.31 Å². The molecule has 2 aliphatic heterocycles. The van der Waals surface area contributed by atoms with Crippen LogP contribution in [0.25, 0.3) is 0 Å². The number of para-hydroxylation sites is 2. The molecule has 10 heteroatoms. The molecule has 1 unspecified atom stereocenters. The highest BCUT2D eigenvalue weighted by molar-refractivity contribution is 7.89. The fourth-order valence-corrected chi connectivity index (χ4v) is 6.84. The van der Waals surface area contributed by atoms with E-state index in [-0.39, 0.29) is 18.2 Å². The van der Waals surface area contributed by atoms with E-state index in [1.54, 1.807) is 31.2 Å². The lowest BCUT2D eigenvalue weighted by molar-refractivity contribution is -0.151. The van der Waals surface area contributed by atoms with Crippen LogP contribution in [0.2, 0.25) is 0 Å². The molecule has 1 aromatic rings. The molecule has 1 saturated carbocycles. The molecule has 1 atom stereocenters. The third-order valence-corrected chi connectivity index (χ3v) is 8.63. The van der Waals surface area contributed by atoms with E-state index in [9.17, 15) is 22.8 Å². The summed E-state index contributed by atoms with van der Waals surface area (Å²) < 4.78 is 31.5. The molecular weight excluding hydrogens is 434 g/mol. The molecule has 2 amide bonds. The maximum Gasteiger partial charge on any atom is 0.324 e. The molecule has 1 saturated heterocycles. The summed E-state index contributed by atoms with van der Waals surface area (Å²) in [7, 11) is -3.54. The van der Waals surface area contributed by atoms with Crippen LogP contribution in [0.1, 0.15) is 51.9 Å². The van der Waals surface area contributed by atoms with Gasteiger partial charge in [-0.05, 0) is 44.2 Å². The molecule has 1 spiro atoms. The molecule has 1 aliphatic carbocycles. The summed E-state index contributed by atoms with van der Waals surface area (Å²) in [5.41, 5.74) is 0.146. The van der Waals surface area contributed by atoms with Crippen molar-refractivity contribution in [3.05, 3.63) is 24.3 Å². The van der Waals surface area contributed by atoms with Crippen LogP contribution in [0, 0.1) is 0 Å². The molecule has 0 bridgehead atoms. The molecule has 174 valence electrons. The van der Waals surface area contributed by atoms with Gasteiger partial charge < -0.3 is 10.1 Å². The number of nitrogens with zero attached hydrogens (tertiary/aromatic N) is 2. The lowest BCUT2D eigenvalue weighted by Crippen LogP contribution is -2.61. The molecule has 2 heterocycles. The minimum atomic E-state index is -3.54. The Labute approximate surface area is 188 Å². The Balaban J connectivity index is 1.52.